The molecule has 0 atom stereocenters. The lowest BCUT2D eigenvalue weighted by atomic mass is 9.90. The minimum absolute atomic E-state index is 0.0582. The van der Waals surface area contributed by atoms with Gasteiger partial charge >= 0.3 is 6.03 Å². The molecule has 1 aliphatic heterocycles. The van der Waals surface area contributed by atoms with Crippen LogP contribution in [0.3, 0.4) is 0 Å². The molecule has 4 N–H and O–H groups in total. The third-order valence-electron chi connectivity index (χ3n) is 4.08. The topological polar surface area (TPSA) is 84.7 Å². The summed E-state index contributed by atoms with van der Waals surface area (Å²) in [5.74, 6) is -1.28. The number of hydrogen-bond acceptors (Lipinski definition) is 1. The molecule has 1 aliphatic rings. The van der Waals surface area contributed by atoms with Gasteiger partial charge in [0.05, 0.1) is 5.02 Å². The number of carbonyl (C=O) groups is 1. The molecule has 8 heteroatoms. The fourth-order valence-corrected chi connectivity index (χ4v) is 3.23. The highest BCUT2D eigenvalue weighted by Crippen LogP contribution is 2.37. The molecule has 3 rings (SSSR count). The van der Waals surface area contributed by atoms with E-state index in [2.05, 4.69) is 4.99 Å². The molecule has 25 heavy (non-hydrogen) atoms. The molecule has 0 spiro atoms. The van der Waals surface area contributed by atoms with Gasteiger partial charge in [0.1, 0.15) is 11.6 Å². The van der Waals surface area contributed by atoms with Crippen molar-refractivity contribution in [3.63, 3.8) is 0 Å². The second-order valence-corrected chi connectivity index (χ2v) is 6.05. The van der Waals surface area contributed by atoms with Gasteiger partial charge in [0.25, 0.3) is 0 Å². The predicted molar refractivity (Wildman–Crippen MR) is 92.1 cm³/mol. The van der Waals surface area contributed by atoms with Gasteiger partial charge in [-0.15, -0.1) is 0 Å². The van der Waals surface area contributed by atoms with Crippen LogP contribution in [-0.2, 0) is 13.0 Å². The lowest BCUT2D eigenvalue weighted by molar-refractivity contribution is 0.202. The fourth-order valence-electron chi connectivity index (χ4n) is 2.97. The number of amides is 2. The Kier molecular flexibility index (Phi) is 4.59. The van der Waals surface area contributed by atoms with Crippen LogP contribution in [0.2, 0.25) is 5.02 Å². The van der Waals surface area contributed by atoms with Gasteiger partial charge in [-0.1, -0.05) is 23.7 Å². The van der Waals surface area contributed by atoms with E-state index in [1.165, 1.54) is 29.2 Å². The summed E-state index contributed by atoms with van der Waals surface area (Å²) < 4.78 is 28.5. The predicted octanol–water partition coefficient (Wildman–Crippen LogP) is 3.04. The Morgan fingerprint density at radius 1 is 1.12 bits per heavy atom. The van der Waals surface area contributed by atoms with Gasteiger partial charge in [0.2, 0.25) is 0 Å². The Labute approximate surface area is 147 Å². The Bertz CT molecular complexity index is 861. The van der Waals surface area contributed by atoms with Crippen LogP contribution >= 0.6 is 11.6 Å². The minimum Gasteiger partial charge on any atom is -0.370 e. The Morgan fingerprint density at radius 3 is 2.56 bits per heavy atom. The SMILES string of the molecule is NC(N)=NC(=O)N1CCc2c(F)ccc(-c3c(F)cccc3Cl)c2C1. The summed E-state index contributed by atoms with van der Waals surface area (Å²) >= 11 is 6.14. The summed E-state index contributed by atoms with van der Waals surface area (Å²) in [5.41, 5.74) is 12.0. The van der Waals surface area contributed by atoms with Crippen molar-refractivity contribution in [2.24, 2.45) is 16.5 Å². The highest BCUT2D eigenvalue weighted by atomic mass is 35.5. The van der Waals surface area contributed by atoms with Crippen molar-refractivity contribution in [1.29, 1.82) is 0 Å². The van der Waals surface area contributed by atoms with Crippen LogP contribution in [-0.4, -0.2) is 23.4 Å². The Morgan fingerprint density at radius 2 is 1.88 bits per heavy atom. The normalized spacial score (nSPS) is 13.3. The zero-order chi connectivity index (χ0) is 18.1. The molecule has 2 amide bonds. The number of guanidine groups is 1. The van der Waals surface area contributed by atoms with Gasteiger partial charge in [-0.25, -0.2) is 13.6 Å². The van der Waals surface area contributed by atoms with Crippen molar-refractivity contribution in [2.75, 3.05) is 6.54 Å². The standard InChI is InChI=1S/C17H15ClF2N4O/c18-12-2-1-3-14(20)15(12)10-4-5-13(19)9-6-7-24(8-11(9)10)17(25)23-16(21)22/h1-5H,6-8H2,(H4,21,22,23,25). The van der Waals surface area contributed by atoms with Crippen molar-refractivity contribution < 1.29 is 13.6 Å². The Hall–Kier alpha value is -2.67. The first kappa shape index (κ1) is 17.2. The number of urea groups is 1. The first-order chi connectivity index (χ1) is 11.9. The molecule has 0 radical (unpaired) electrons. The van der Waals surface area contributed by atoms with E-state index in [-0.39, 0.29) is 36.1 Å². The van der Waals surface area contributed by atoms with Crippen LogP contribution in [0.25, 0.3) is 11.1 Å². The third kappa shape index (κ3) is 3.28. The monoisotopic (exact) mass is 364 g/mol. The van der Waals surface area contributed by atoms with Gasteiger partial charge in [0, 0.05) is 18.7 Å². The second-order valence-electron chi connectivity index (χ2n) is 5.64. The summed E-state index contributed by atoms with van der Waals surface area (Å²) in [6, 6.07) is 6.45. The van der Waals surface area contributed by atoms with E-state index in [9.17, 15) is 13.6 Å². The number of fused-ring (bicyclic) bond motifs is 1. The molecule has 1 heterocycles. The average molecular weight is 365 g/mol. The number of nitrogens with two attached hydrogens (primary N) is 2. The maximum absolute atomic E-state index is 14.3. The first-order valence-electron chi connectivity index (χ1n) is 7.51. The number of carbonyl (C=O) groups excluding carboxylic acids is 1. The number of rotatable bonds is 1. The van der Waals surface area contributed by atoms with E-state index in [1.807, 2.05) is 0 Å². The molecule has 0 unspecified atom stereocenters. The highest BCUT2D eigenvalue weighted by Gasteiger charge is 2.27. The van der Waals surface area contributed by atoms with E-state index >= 15 is 0 Å². The molecule has 0 saturated heterocycles. The van der Waals surface area contributed by atoms with Gasteiger partial charge in [-0.3, -0.25) is 0 Å². The summed E-state index contributed by atoms with van der Waals surface area (Å²) in [4.78, 5) is 16.9. The van der Waals surface area contributed by atoms with Crippen molar-refractivity contribution in [2.45, 2.75) is 13.0 Å². The third-order valence-corrected chi connectivity index (χ3v) is 4.40. The fraction of sp³-hybridized carbons (Fsp3) is 0.176. The van der Waals surface area contributed by atoms with Gasteiger partial charge < -0.3 is 16.4 Å². The van der Waals surface area contributed by atoms with Crippen LogP contribution in [0.15, 0.2) is 35.3 Å². The number of aliphatic imine (C=N–C) groups is 1. The summed E-state index contributed by atoms with van der Waals surface area (Å²) in [7, 11) is 0. The lowest BCUT2D eigenvalue weighted by Gasteiger charge is -2.29. The van der Waals surface area contributed by atoms with E-state index in [0.717, 1.165) is 0 Å². The molecule has 0 fully saturated rings. The van der Waals surface area contributed by atoms with Crippen molar-refractivity contribution in [3.05, 3.63) is 58.1 Å². The van der Waals surface area contributed by atoms with Gasteiger partial charge in [-0.05, 0) is 41.3 Å². The molecule has 2 aromatic carbocycles. The van der Waals surface area contributed by atoms with E-state index in [1.54, 1.807) is 6.07 Å². The molecular weight excluding hydrogens is 350 g/mol. The molecule has 0 aliphatic carbocycles. The van der Waals surface area contributed by atoms with E-state index in [0.29, 0.717) is 16.7 Å². The van der Waals surface area contributed by atoms with Crippen LogP contribution in [0, 0.1) is 11.6 Å². The van der Waals surface area contributed by atoms with Crippen molar-refractivity contribution in [3.8, 4) is 11.1 Å². The number of benzene rings is 2. The summed E-state index contributed by atoms with van der Waals surface area (Å²) in [6.45, 7) is 0.316. The maximum Gasteiger partial charge on any atom is 0.347 e. The zero-order valence-electron chi connectivity index (χ0n) is 13.1. The van der Waals surface area contributed by atoms with Crippen LogP contribution < -0.4 is 11.5 Å². The minimum atomic E-state index is -0.625. The van der Waals surface area contributed by atoms with Crippen LogP contribution in [0.4, 0.5) is 13.6 Å². The summed E-state index contributed by atoms with van der Waals surface area (Å²) in [5, 5.41) is 0.210. The molecule has 0 bridgehead atoms. The molecule has 0 aromatic heterocycles. The van der Waals surface area contributed by atoms with E-state index in [4.69, 9.17) is 23.1 Å². The number of hydrogen-bond donors (Lipinski definition) is 2. The van der Waals surface area contributed by atoms with Gasteiger partial charge in [-0.2, -0.15) is 4.99 Å². The quantitative estimate of drug-likeness (QED) is 0.602. The van der Waals surface area contributed by atoms with Crippen molar-refractivity contribution >= 4 is 23.6 Å². The van der Waals surface area contributed by atoms with Gasteiger partial charge in [0.15, 0.2) is 5.96 Å². The average Bonchev–Trinajstić information content (AvgIpc) is 2.55. The maximum atomic E-state index is 14.3. The van der Waals surface area contributed by atoms with Crippen LogP contribution in [0.5, 0.6) is 0 Å². The zero-order valence-corrected chi connectivity index (χ0v) is 13.9. The number of halogens is 3. The van der Waals surface area contributed by atoms with Crippen LogP contribution in [0.1, 0.15) is 11.1 Å². The summed E-state index contributed by atoms with van der Waals surface area (Å²) in [6.07, 6.45) is 0.271. The second kappa shape index (κ2) is 6.68. The molecule has 2 aromatic rings. The molecule has 5 nitrogen and oxygen atoms in total. The first-order valence-corrected chi connectivity index (χ1v) is 7.89. The van der Waals surface area contributed by atoms with Crippen molar-refractivity contribution in [1.82, 2.24) is 4.90 Å². The highest BCUT2D eigenvalue weighted by molar-refractivity contribution is 6.33. The number of nitrogens with zero attached hydrogens (tertiary/aromatic N) is 2. The largest absolute Gasteiger partial charge is 0.370 e. The lowest BCUT2D eigenvalue weighted by Crippen LogP contribution is -2.37. The smallest absolute Gasteiger partial charge is 0.347 e. The van der Waals surface area contributed by atoms with E-state index < -0.39 is 17.7 Å². The molecule has 130 valence electrons. The Balaban J connectivity index is 2.10. The molecular formula is C17H15ClF2N4O. The molecule has 0 saturated carbocycles.